The van der Waals surface area contributed by atoms with Crippen LogP contribution in [-0.2, 0) is 10.0 Å². The Bertz CT molecular complexity index is 533. The SMILES string of the molecule is CC1CCCC(CNS(=O)(=O)c2ccnc(Cl)c2)C1. The van der Waals surface area contributed by atoms with E-state index in [9.17, 15) is 8.42 Å². The summed E-state index contributed by atoms with van der Waals surface area (Å²) in [5.74, 6) is 1.13. The summed E-state index contributed by atoms with van der Waals surface area (Å²) in [6.07, 6.45) is 6.04. The van der Waals surface area contributed by atoms with Gasteiger partial charge in [-0.1, -0.05) is 31.4 Å². The molecule has 2 rings (SSSR count). The van der Waals surface area contributed by atoms with E-state index in [4.69, 9.17) is 11.6 Å². The summed E-state index contributed by atoms with van der Waals surface area (Å²) in [6.45, 7) is 2.73. The molecule has 1 aromatic rings. The van der Waals surface area contributed by atoms with Crippen molar-refractivity contribution in [3.63, 3.8) is 0 Å². The zero-order chi connectivity index (χ0) is 13.9. The van der Waals surface area contributed by atoms with Crippen molar-refractivity contribution < 1.29 is 8.42 Å². The molecule has 106 valence electrons. The second-order valence-electron chi connectivity index (χ2n) is 5.30. The van der Waals surface area contributed by atoms with Crippen molar-refractivity contribution in [1.82, 2.24) is 9.71 Å². The molecule has 1 aromatic heterocycles. The van der Waals surface area contributed by atoms with E-state index in [0.717, 1.165) is 12.8 Å². The fourth-order valence-electron chi connectivity index (χ4n) is 2.61. The van der Waals surface area contributed by atoms with E-state index in [2.05, 4.69) is 16.6 Å². The van der Waals surface area contributed by atoms with Crippen molar-refractivity contribution in [3.05, 3.63) is 23.5 Å². The molecule has 0 saturated heterocycles. The first-order valence-electron chi connectivity index (χ1n) is 6.58. The van der Waals surface area contributed by atoms with Crippen LogP contribution >= 0.6 is 11.6 Å². The van der Waals surface area contributed by atoms with E-state index < -0.39 is 10.0 Å². The Balaban J connectivity index is 1.98. The highest BCUT2D eigenvalue weighted by Crippen LogP contribution is 2.28. The minimum Gasteiger partial charge on any atom is -0.244 e. The fourth-order valence-corrected chi connectivity index (χ4v) is 3.98. The predicted molar refractivity (Wildman–Crippen MR) is 75.6 cm³/mol. The highest BCUT2D eigenvalue weighted by molar-refractivity contribution is 7.89. The average Bonchev–Trinajstić information content (AvgIpc) is 2.37. The Morgan fingerprint density at radius 3 is 2.95 bits per heavy atom. The van der Waals surface area contributed by atoms with Gasteiger partial charge in [0, 0.05) is 12.7 Å². The smallest absolute Gasteiger partial charge is 0.240 e. The summed E-state index contributed by atoms with van der Waals surface area (Å²) in [4.78, 5) is 3.96. The van der Waals surface area contributed by atoms with Gasteiger partial charge < -0.3 is 0 Å². The molecule has 0 spiro atoms. The van der Waals surface area contributed by atoms with Gasteiger partial charge in [-0.05, 0) is 36.8 Å². The molecular formula is C13H19ClN2O2S. The Morgan fingerprint density at radius 2 is 2.26 bits per heavy atom. The van der Waals surface area contributed by atoms with Gasteiger partial charge in [0.2, 0.25) is 10.0 Å². The summed E-state index contributed by atoms with van der Waals surface area (Å²) >= 11 is 5.72. The van der Waals surface area contributed by atoms with Gasteiger partial charge in [0.1, 0.15) is 5.15 Å². The maximum Gasteiger partial charge on any atom is 0.240 e. The summed E-state index contributed by atoms with van der Waals surface area (Å²) in [5.41, 5.74) is 0. The Hall–Kier alpha value is -0.650. The van der Waals surface area contributed by atoms with Crippen LogP contribution in [0.2, 0.25) is 5.15 Å². The number of sulfonamides is 1. The summed E-state index contributed by atoms with van der Waals surface area (Å²) < 4.78 is 26.9. The lowest BCUT2D eigenvalue weighted by Gasteiger charge is -2.26. The zero-order valence-electron chi connectivity index (χ0n) is 11.0. The molecule has 6 heteroatoms. The fraction of sp³-hybridized carbons (Fsp3) is 0.615. The zero-order valence-corrected chi connectivity index (χ0v) is 12.5. The van der Waals surface area contributed by atoms with Crippen molar-refractivity contribution in [2.75, 3.05) is 6.54 Å². The molecule has 0 aliphatic heterocycles. The van der Waals surface area contributed by atoms with E-state index in [-0.39, 0.29) is 10.0 Å². The van der Waals surface area contributed by atoms with Crippen molar-refractivity contribution in [2.24, 2.45) is 11.8 Å². The molecule has 2 unspecified atom stereocenters. The highest BCUT2D eigenvalue weighted by atomic mass is 35.5. The predicted octanol–water partition coefficient (Wildman–Crippen LogP) is 2.84. The van der Waals surface area contributed by atoms with Gasteiger partial charge in [0.05, 0.1) is 4.90 Å². The third-order valence-electron chi connectivity index (χ3n) is 3.62. The molecule has 0 radical (unpaired) electrons. The van der Waals surface area contributed by atoms with E-state index in [1.165, 1.54) is 31.2 Å². The van der Waals surface area contributed by atoms with Gasteiger partial charge in [0.15, 0.2) is 0 Å². The number of pyridine rings is 1. The van der Waals surface area contributed by atoms with Crippen LogP contribution in [0.1, 0.15) is 32.6 Å². The van der Waals surface area contributed by atoms with Crippen LogP contribution in [0.5, 0.6) is 0 Å². The lowest BCUT2D eigenvalue weighted by Crippen LogP contribution is -2.31. The molecule has 19 heavy (non-hydrogen) atoms. The monoisotopic (exact) mass is 302 g/mol. The molecule has 0 bridgehead atoms. The third-order valence-corrected chi connectivity index (χ3v) is 5.24. The normalized spacial score (nSPS) is 24.3. The lowest BCUT2D eigenvalue weighted by atomic mass is 9.83. The molecule has 1 fully saturated rings. The first kappa shape index (κ1) is 14.8. The second-order valence-corrected chi connectivity index (χ2v) is 7.46. The van der Waals surface area contributed by atoms with Crippen LogP contribution in [-0.4, -0.2) is 19.9 Å². The molecule has 1 aliphatic carbocycles. The van der Waals surface area contributed by atoms with Gasteiger partial charge in [-0.2, -0.15) is 0 Å². The quantitative estimate of drug-likeness (QED) is 0.870. The van der Waals surface area contributed by atoms with Crippen molar-refractivity contribution >= 4 is 21.6 Å². The Labute approximate surface area is 119 Å². The lowest BCUT2D eigenvalue weighted by molar-refractivity contribution is 0.283. The van der Waals surface area contributed by atoms with E-state index in [1.54, 1.807) is 0 Å². The minimum atomic E-state index is -3.47. The summed E-state index contributed by atoms with van der Waals surface area (Å²) in [6, 6.07) is 2.82. The van der Waals surface area contributed by atoms with E-state index in [1.807, 2.05) is 0 Å². The maximum atomic E-state index is 12.1. The molecular weight excluding hydrogens is 284 g/mol. The largest absolute Gasteiger partial charge is 0.244 e. The van der Waals surface area contributed by atoms with Crippen LogP contribution in [0.25, 0.3) is 0 Å². The van der Waals surface area contributed by atoms with Crippen LogP contribution < -0.4 is 4.72 Å². The molecule has 4 nitrogen and oxygen atoms in total. The Kier molecular flexibility index (Phi) is 4.81. The minimum absolute atomic E-state index is 0.177. The van der Waals surface area contributed by atoms with Crippen LogP contribution in [0.4, 0.5) is 0 Å². The van der Waals surface area contributed by atoms with Gasteiger partial charge in [-0.25, -0.2) is 18.1 Å². The number of hydrogen-bond donors (Lipinski definition) is 1. The average molecular weight is 303 g/mol. The third kappa shape index (κ3) is 4.16. The number of nitrogens with one attached hydrogen (secondary N) is 1. The number of nitrogens with zero attached hydrogens (tertiary/aromatic N) is 1. The van der Waals surface area contributed by atoms with Crippen molar-refractivity contribution in [1.29, 1.82) is 0 Å². The number of rotatable bonds is 4. The second kappa shape index (κ2) is 6.20. The molecule has 1 N–H and O–H groups in total. The first-order chi connectivity index (χ1) is 8.97. The molecule has 1 heterocycles. The van der Waals surface area contributed by atoms with Gasteiger partial charge in [0.25, 0.3) is 0 Å². The highest BCUT2D eigenvalue weighted by Gasteiger charge is 2.21. The van der Waals surface area contributed by atoms with Crippen LogP contribution in [0, 0.1) is 11.8 Å². The van der Waals surface area contributed by atoms with Gasteiger partial charge >= 0.3 is 0 Å². The molecule has 1 saturated carbocycles. The Morgan fingerprint density at radius 1 is 1.47 bits per heavy atom. The van der Waals surface area contributed by atoms with Gasteiger partial charge in [-0.15, -0.1) is 0 Å². The molecule has 2 atom stereocenters. The summed E-state index contributed by atoms with van der Waals surface area (Å²) in [7, 11) is -3.47. The molecule has 0 aromatic carbocycles. The van der Waals surface area contributed by atoms with Gasteiger partial charge in [-0.3, -0.25) is 0 Å². The summed E-state index contributed by atoms with van der Waals surface area (Å²) in [5, 5.41) is 0.189. The standard InChI is InChI=1S/C13H19ClN2O2S/c1-10-3-2-4-11(7-10)9-16-19(17,18)12-5-6-15-13(14)8-12/h5-6,8,10-11,16H,2-4,7,9H2,1H3. The maximum absolute atomic E-state index is 12.1. The van der Waals surface area contributed by atoms with Crippen molar-refractivity contribution in [3.8, 4) is 0 Å². The number of halogens is 1. The van der Waals surface area contributed by atoms with E-state index >= 15 is 0 Å². The topological polar surface area (TPSA) is 59.1 Å². The number of aromatic nitrogens is 1. The first-order valence-corrected chi connectivity index (χ1v) is 8.45. The van der Waals surface area contributed by atoms with Crippen molar-refractivity contribution in [2.45, 2.75) is 37.5 Å². The molecule has 1 aliphatic rings. The van der Waals surface area contributed by atoms with Crippen LogP contribution in [0.3, 0.4) is 0 Å². The number of hydrogen-bond acceptors (Lipinski definition) is 3. The van der Waals surface area contributed by atoms with E-state index in [0.29, 0.717) is 18.4 Å². The molecule has 0 amide bonds. The van der Waals surface area contributed by atoms with Crippen LogP contribution in [0.15, 0.2) is 23.2 Å².